The molecule has 1 heterocycles. The summed E-state index contributed by atoms with van der Waals surface area (Å²) in [5.74, 6) is 0. The van der Waals surface area contributed by atoms with Crippen LogP contribution in [0.1, 0.15) is 35.2 Å². The molecule has 0 atom stereocenters. The van der Waals surface area contributed by atoms with Gasteiger partial charge in [0, 0.05) is 11.1 Å². The number of para-hydroxylation sites is 1. The zero-order valence-electron chi connectivity index (χ0n) is 18.5. The first-order chi connectivity index (χ1) is 14.2. The van der Waals surface area contributed by atoms with Crippen molar-refractivity contribution in [2.75, 3.05) is 0 Å². The summed E-state index contributed by atoms with van der Waals surface area (Å²) < 4.78 is 2.50. The largest absolute Gasteiger partial charge is 4.00 e. The predicted molar refractivity (Wildman–Crippen MR) is 125 cm³/mol. The van der Waals surface area contributed by atoms with E-state index in [0.29, 0.717) is 0 Å². The van der Waals surface area contributed by atoms with Crippen LogP contribution in [0.3, 0.4) is 0 Å². The van der Waals surface area contributed by atoms with E-state index >= 15 is 0 Å². The van der Waals surface area contributed by atoms with E-state index in [9.17, 15) is 0 Å². The van der Waals surface area contributed by atoms with Gasteiger partial charge >= 0.3 is 26.2 Å². The van der Waals surface area contributed by atoms with Crippen molar-refractivity contribution >= 4 is 21.7 Å². The Bertz CT molecular complexity index is 1240. The molecule has 5 aromatic rings. The van der Waals surface area contributed by atoms with E-state index in [2.05, 4.69) is 97.3 Å². The number of hydrogen-bond donors (Lipinski definition) is 0. The number of nitrogens with zero attached hydrogens (tertiary/aromatic N) is 1. The molecule has 0 radical (unpaired) electrons. The Morgan fingerprint density at radius 2 is 1.59 bits per heavy atom. The summed E-state index contributed by atoms with van der Waals surface area (Å²) in [6.45, 7) is 4.24. The van der Waals surface area contributed by atoms with Gasteiger partial charge in [-0.2, -0.15) is 17.2 Å². The monoisotopic (exact) mass is 625 g/mol. The van der Waals surface area contributed by atoms with Crippen LogP contribution in [0.2, 0.25) is 0 Å². The molecule has 0 N–H and O–H groups in total. The van der Waals surface area contributed by atoms with Gasteiger partial charge < -0.3 is 38.5 Å². The molecule has 1 aromatic heterocycles. The van der Waals surface area contributed by atoms with Gasteiger partial charge in [0.2, 0.25) is 0 Å². The van der Waals surface area contributed by atoms with Crippen molar-refractivity contribution in [3.05, 3.63) is 101 Å². The Morgan fingerprint density at radius 3 is 2.28 bits per heavy atom. The average Bonchev–Trinajstić information content (AvgIpc) is 3.43. The zero-order valence-corrected chi connectivity index (χ0v) is 24.2. The Hall–Kier alpha value is -1.22. The van der Waals surface area contributed by atoms with E-state index in [0.717, 1.165) is 0 Å². The van der Waals surface area contributed by atoms with Crippen LogP contribution in [-0.2, 0) is 39.0 Å². The first kappa shape index (κ1) is 27.0. The van der Waals surface area contributed by atoms with E-state index in [1.54, 1.807) is 5.56 Å². The van der Waals surface area contributed by atoms with Gasteiger partial charge in [0.15, 0.2) is 0 Å². The number of aromatic nitrogens is 1. The summed E-state index contributed by atoms with van der Waals surface area (Å²) in [7, 11) is 0. The maximum Gasteiger partial charge on any atom is 4.00 e. The number of benzene rings is 2. The van der Waals surface area contributed by atoms with E-state index in [4.69, 9.17) is 0 Å². The van der Waals surface area contributed by atoms with Crippen molar-refractivity contribution in [3.63, 3.8) is 0 Å². The fourth-order valence-corrected chi connectivity index (χ4v) is 4.65. The normalized spacial score (nSPS) is 12.1. The number of hydrogen-bond acceptors (Lipinski definition) is 0. The van der Waals surface area contributed by atoms with Crippen molar-refractivity contribution in [2.24, 2.45) is 0 Å². The maximum absolute atomic E-state index is 2.50. The number of fused-ring (bicyclic) bond motifs is 4. The Morgan fingerprint density at radius 1 is 0.875 bits per heavy atom. The van der Waals surface area contributed by atoms with Gasteiger partial charge in [-0.25, -0.2) is 12.1 Å². The van der Waals surface area contributed by atoms with Crippen molar-refractivity contribution in [1.82, 2.24) is 4.57 Å². The summed E-state index contributed by atoms with van der Waals surface area (Å²) in [5.41, 5.74) is 8.57. The third-order valence-electron chi connectivity index (χ3n) is 6.35. The molecule has 6 rings (SSSR count). The maximum atomic E-state index is 2.50. The molecule has 0 unspecified atom stereocenters. The van der Waals surface area contributed by atoms with Gasteiger partial charge in [0.1, 0.15) is 0 Å². The third-order valence-corrected chi connectivity index (χ3v) is 6.35. The van der Waals surface area contributed by atoms with Gasteiger partial charge in [-0.15, -0.1) is 41.1 Å². The molecular formula is C28H27Br2NZr. The van der Waals surface area contributed by atoms with Crippen LogP contribution in [0.4, 0.5) is 0 Å². The number of halogens is 2. The minimum absolute atomic E-state index is 0. The molecule has 0 fully saturated rings. The number of rotatable bonds is 1. The van der Waals surface area contributed by atoms with E-state index < -0.39 is 0 Å². The minimum Gasteiger partial charge on any atom is -1.00 e. The molecule has 0 saturated carbocycles. The summed E-state index contributed by atoms with van der Waals surface area (Å²) in [6.07, 6.45) is 5.06. The standard InChI is InChI=1S/C21H18N.C7H9.2BrH.Zr/c1-2-8-16-14-17(13-15(16)7-1)22-20-11-5-3-9-18(20)19-10-4-6-12-21(19)22;1-6-4-3-5-7(6)2;;;/h1-3,5,7-9,11,13-14H,4,6,10,12H2;3-5H,1-2H3;2*1H;/q2*-1;;;+4/p-2. The van der Waals surface area contributed by atoms with Crippen LogP contribution in [0.5, 0.6) is 0 Å². The summed E-state index contributed by atoms with van der Waals surface area (Å²) in [5, 5.41) is 4.11. The van der Waals surface area contributed by atoms with Crippen molar-refractivity contribution in [1.29, 1.82) is 0 Å². The quantitative estimate of drug-likeness (QED) is 0.248. The summed E-state index contributed by atoms with van der Waals surface area (Å²) >= 11 is 0. The molecule has 1 nitrogen and oxygen atoms in total. The van der Waals surface area contributed by atoms with Gasteiger partial charge in [0.25, 0.3) is 0 Å². The van der Waals surface area contributed by atoms with Crippen LogP contribution in [0, 0.1) is 13.8 Å². The fraction of sp³-hybridized carbons (Fsp3) is 0.214. The molecule has 162 valence electrons. The third kappa shape index (κ3) is 5.13. The van der Waals surface area contributed by atoms with Crippen LogP contribution < -0.4 is 34.0 Å². The SMILES string of the molecule is Cc1ccc[c-]1C.[Br-].[Br-].[Zr+4].c1ccc2[cH-]c(-n3c4c(c5ccccc53)CCCC4)cc2c1. The minimum atomic E-state index is 0. The molecule has 0 amide bonds. The molecule has 0 spiro atoms. The van der Waals surface area contributed by atoms with E-state index in [1.165, 1.54) is 69.9 Å². The summed E-state index contributed by atoms with van der Waals surface area (Å²) in [6, 6.07) is 28.5. The van der Waals surface area contributed by atoms with Crippen LogP contribution >= 0.6 is 0 Å². The Labute approximate surface area is 231 Å². The average molecular weight is 629 g/mol. The van der Waals surface area contributed by atoms with E-state index in [-0.39, 0.29) is 60.2 Å². The smallest absolute Gasteiger partial charge is 1.00 e. The van der Waals surface area contributed by atoms with Crippen molar-refractivity contribution in [2.45, 2.75) is 39.5 Å². The molecule has 0 saturated heterocycles. The molecule has 32 heavy (non-hydrogen) atoms. The molecule has 1 aliphatic carbocycles. The van der Waals surface area contributed by atoms with Gasteiger partial charge in [-0.05, 0) is 43.0 Å². The molecular weight excluding hydrogens is 601 g/mol. The molecule has 1 aliphatic rings. The van der Waals surface area contributed by atoms with Crippen LogP contribution in [-0.4, -0.2) is 4.57 Å². The zero-order chi connectivity index (χ0) is 19.8. The molecule has 4 heteroatoms. The van der Waals surface area contributed by atoms with Crippen LogP contribution in [0.15, 0.2) is 78.9 Å². The van der Waals surface area contributed by atoms with Gasteiger partial charge in [-0.1, -0.05) is 38.1 Å². The Balaban J connectivity index is 0.000000317. The second-order valence-corrected chi connectivity index (χ2v) is 8.22. The Kier molecular flexibility index (Phi) is 9.94. The topological polar surface area (TPSA) is 4.93 Å². The van der Waals surface area contributed by atoms with Gasteiger partial charge in [0.05, 0.1) is 5.52 Å². The van der Waals surface area contributed by atoms with Crippen molar-refractivity contribution < 1.29 is 60.2 Å². The second kappa shape index (κ2) is 11.8. The fourth-order valence-electron chi connectivity index (χ4n) is 4.65. The molecule has 0 aliphatic heterocycles. The first-order valence-corrected chi connectivity index (χ1v) is 10.7. The molecule has 4 aromatic carbocycles. The predicted octanol–water partition coefficient (Wildman–Crippen LogP) is 1.41. The van der Waals surface area contributed by atoms with Gasteiger partial charge in [-0.3, -0.25) is 0 Å². The van der Waals surface area contributed by atoms with Crippen molar-refractivity contribution in [3.8, 4) is 5.69 Å². The van der Waals surface area contributed by atoms with Crippen LogP contribution in [0.25, 0.3) is 27.4 Å². The van der Waals surface area contributed by atoms with E-state index in [1.807, 2.05) is 0 Å². The molecule has 0 bridgehead atoms. The number of aryl methyl sites for hydroxylation is 3. The second-order valence-electron chi connectivity index (χ2n) is 8.22. The summed E-state index contributed by atoms with van der Waals surface area (Å²) in [4.78, 5) is 0. The first-order valence-electron chi connectivity index (χ1n) is 10.7.